The number of hydrogen-bond acceptors (Lipinski definition) is 5. The van der Waals surface area contributed by atoms with Crippen LogP contribution in [-0.2, 0) is 11.3 Å². The third kappa shape index (κ3) is 4.77. The highest BCUT2D eigenvalue weighted by molar-refractivity contribution is 5.91. The number of anilines is 2. The predicted molar refractivity (Wildman–Crippen MR) is 98.2 cm³/mol. The molecule has 0 spiro atoms. The first-order valence-corrected chi connectivity index (χ1v) is 8.41. The predicted octanol–water partition coefficient (Wildman–Crippen LogP) is 3.42. The summed E-state index contributed by atoms with van der Waals surface area (Å²) >= 11 is 0. The van der Waals surface area contributed by atoms with E-state index in [4.69, 9.17) is 0 Å². The maximum absolute atomic E-state index is 12.1. The minimum absolute atomic E-state index is 0.0870. The van der Waals surface area contributed by atoms with E-state index >= 15 is 0 Å². The minimum atomic E-state index is -0.0870. The summed E-state index contributed by atoms with van der Waals surface area (Å²) in [5, 5.41) is 12.5. The Morgan fingerprint density at radius 2 is 2.00 bits per heavy atom. The summed E-state index contributed by atoms with van der Waals surface area (Å²) < 4.78 is 0. The van der Waals surface area contributed by atoms with E-state index in [9.17, 15) is 10.1 Å². The van der Waals surface area contributed by atoms with Crippen molar-refractivity contribution < 1.29 is 4.79 Å². The van der Waals surface area contributed by atoms with Crippen LogP contribution in [0.15, 0.2) is 30.3 Å². The van der Waals surface area contributed by atoms with Gasteiger partial charge in [-0.1, -0.05) is 31.5 Å². The summed E-state index contributed by atoms with van der Waals surface area (Å²) in [5.74, 6) is 0.419. The molecule has 0 radical (unpaired) electrons. The van der Waals surface area contributed by atoms with E-state index in [-0.39, 0.29) is 18.1 Å². The van der Waals surface area contributed by atoms with Gasteiger partial charge in [-0.25, -0.2) is 9.97 Å². The molecular formula is C19H23N5O. The smallest absolute Gasteiger partial charge is 0.224 e. The van der Waals surface area contributed by atoms with E-state index in [1.165, 1.54) is 6.92 Å². The molecule has 130 valence electrons. The first-order valence-electron chi connectivity index (χ1n) is 8.41. The molecule has 1 amide bonds. The molecule has 1 aromatic heterocycles. The first kappa shape index (κ1) is 18.4. The number of unbranched alkanes of at least 4 members (excludes halogenated alkanes) is 1. The highest BCUT2D eigenvalue weighted by Gasteiger charge is 2.17. The molecule has 2 rings (SSSR count). The number of para-hydroxylation sites is 1. The maximum atomic E-state index is 12.1. The van der Waals surface area contributed by atoms with Crippen LogP contribution in [0.2, 0.25) is 0 Å². The number of amides is 1. The van der Waals surface area contributed by atoms with Gasteiger partial charge >= 0.3 is 0 Å². The van der Waals surface area contributed by atoms with Gasteiger partial charge in [0.2, 0.25) is 5.91 Å². The third-order valence-electron chi connectivity index (χ3n) is 3.85. The molecule has 0 aliphatic rings. The van der Waals surface area contributed by atoms with Gasteiger partial charge in [0.05, 0.1) is 17.9 Å². The monoisotopic (exact) mass is 337 g/mol. The Hall–Kier alpha value is -2.94. The number of rotatable bonds is 7. The van der Waals surface area contributed by atoms with E-state index in [0.717, 1.165) is 25.1 Å². The average molecular weight is 337 g/mol. The summed E-state index contributed by atoms with van der Waals surface area (Å²) in [5.41, 5.74) is 2.38. The van der Waals surface area contributed by atoms with E-state index in [2.05, 4.69) is 28.3 Å². The topological polar surface area (TPSA) is 81.9 Å². The SMILES string of the molecule is CCCCNc1nc(C)c(CN(C(C)=O)c2ccccc2)nc1C#N. The molecule has 0 fully saturated rings. The first-order chi connectivity index (χ1) is 12.1. The lowest BCUT2D eigenvalue weighted by Crippen LogP contribution is -2.29. The Kier molecular flexibility index (Phi) is 6.47. The summed E-state index contributed by atoms with van der Waals surface area (Å²) in [6, 6.07) is 11.5. The second kappa shape index (κ2) is 8.78. The van der Waals surface area contributed by atoms with E-state index in [0.29, 0.717) is 17.2 Å². The number of aromatic nitrogens is 2. The third-order valence-corrected chi connectivity index (χ3v) is 3.85. The highest BCUT2D eigenvalue weighted by atomic mass is 16.2. The van der Waals surface area contributed by atoms with Gasteiger partial charge in [0.25, 0.3) is 0 Å². The van der Waals surface area contributed by atoms with Crippen molar-refractivity contribution >= 4 is 17.4 Å². The van der Waals surface area contributed by atoms with Crippen molar-refractivity contribution in [1.82, 2.24) is 9.97 Å². The molecule has 6 heteroatoms. The number of nitrogens with one attached hydrogen (secondary N) is 1. The van der Waals surface area contributed by atoms with Crippen LogP contribution in [0.4, 0.5) is 11.5 Å². The number of carbonyl (C=O) groups excluding carboxylic acids is 1. The van der Waals surface area contributed by atoms with Gasteiger partial charge in [-0.05, 0) is 25.5 Å². The standard InChI is InChI=1S/C19H23N5O/c1-4-5-11-21-19-17(12-20)23-18(14(2)22-19)13-24(15(3)25)16-9-7-6-8-10-16/h6-10H,4-5,11,13H2,1-3H3,(H,21,22). The fraction of sp³-hybridized carbons (Fsp3) is 0.368. The van der Waals surface area contributed by atoms with E-state index < -0.39 is 0 Å². The van der Waals surface area contributed by atoms with Crippen LogP contribution in [0.25, 0.3) is 0 Å². The number of nitriles is 1. The molecular weight excluding hydrogens is 314 g/mol. The number of nitrogens with zero attached hydrogens (tertiary/aromatic N) is 4. The summed E-state index contributed by atoms with van der Waals surface area (Å²) in [6.45, 7) is 6.50. The molecule has 1 aromatic carbocycles. The van der Waals surface area contributed by atoms with Gasteiger partial charge in [0.15, 0.2) is 11.5 Å². The normalized spacial score (nSPS) is 10.2. The van der Waals surface area contributed by atoms with Gasteiger partial charge in [-0.15, -0.1) is 0 Å². The second-order valence-electron chi connectivity index (χ2n) is 5.79. The molecule has 2 aromatic rings. The van der Waals surface area contributed by atoms with Crippen molar-refractivity contribution in [3.05, 3.63) is 47.4 Å². The summed E-state index contributed by atoms with van der Waals surface area (Å²) in [6.07, 6.45) is 2.06. The number of aryl methyl sites for hydroxylation is 1. The van der Waals surface area contributed by atoms with Crippen molar-refractivity contribution in [2.75, 3.05) is 16.8 Å². The highest BCUT2D eigenvalue weighted by Crippen LogP contribution is 2.19. The Morgan fingerprint density at radius 1 is 1.28 bits per heavy atom. The fourth-order valence-corrected chi connectivity index (χ4v) is 2.43. The molecule has 25 heavy (non-hydrogen) atoms. The lowest BCUT2D eigenvalue weighted by Gasteiger charge is -2.22. The number of benzene rings is 1. The summed E-state index contributed by atoms with van der Waals surface area (Å²) in [4.78, 5) is 22.6. The van der Waals surface area contributed by atoms with Crippen molar-refractivity contribution in [3.8, 4) is 6.07 Å². The van der Waals surface area contributed by atoms with Gasteiger partial charge in [0, 0.05) is 19.2 Å². The lowest BCUT2D eigenvalue weighted by molar-refractivity contribution is -0.116. The average Bonchev–Trinajstić information content (AvgIpc) is 2.61. The van der Waals surface area contributed by atoms with E-state index in [1.54, 1.807) is 4.90 Å². The zero-order valence-corrected chi connectivity index (χ0v) is 14.9. The second-order valence-corrected chi connectivity index (χ2v) is 5.79. The van der Waals surface area contributed by atoms with Gasteiger partial charge in [-0.3, -0.25) is 4.79 Å². The minimum Gasteiger partial charge on any atom is -0.368 e. The molecule has 0 saturated carbocycles. The van der Waals surface area contributed by atoms with Crippen LogP contribution in [0.5, 0.6) is 0 Å². The van der Waals surface area contributed by atoms with Crippen molar-refractivity contribution in [3.63, 3.8) is 0 Å². The number of hydrogen-bond donors (Lipinski definition) is 1. The molecule has 1 N–H and O–H groups in total. The molecule has 0 aliphatic heterocycles. The van der Waals surface area contributed by atoms with Crippen LogP contribution in [0, 0.1) is 18.3 Å². The fourth-order valence-electron chi connectivity index (χ4n) is 2.43. The Balaban J connectivity index is 2.29. The molecule has 1 heterocycles. The van der Waals surface area contributed by atoms with Gasteiger partial charge in [-0.2, -0.15) is 5.26 Å². The van der Waals surface area contributed by atoms with E-state index in [1.807, 2.05) is 37.3 Å². The molecule has 6 nitrogen and oxygen atoms in total. The van der Waals surface area contributed by atoms with Crippen molar-refractivity contribution in [1.29, 1.82) is 5.26 Å². The van der Waals surface area contributed by atoms with Gasteiger partial charge < -0.3 is 10.2 Å². The Morgan fingerprint density at radius 3 is 2.60 bits per heavy atom. The van der Waals surface area contributed by atoms with Gasteiger partial charge in [0.1, 0.15) is 6.07 Å². The van der Waals surface area contributed by atoms with Crippen LogP contribution < -0.4 is 10.2 Å². The Labute approximate surface area is 148 Å². The molecule has 0 atom stereocenters. The molecule has 0 unspecified atom stereocenters. The molecule has 0 aliphatic carbocycles. The van der Waals surface area contributed by atoms with Crippen LogP contribution in [0.3, 0.4) is 0 Å². The van der Waals surface area contributed by atoms with Crippen molar-refractivity contribution in [2.45, 2.75) is 40.2 Å². The largest absolute Gasteiger partial charge is 0.368 e. The lowest BCUT2D eigenvalue weighted by atomic mass is 10.2. The van der Waals surface area contributed by atoms with Crippen LogP contribution in [-0.4, -0.2) is 22.4 Å². The van der Waals surface area contributed by atoms with Crippen molar-refractivity contribution in [2.24, 2.45) is 0 Å². The molecule has 0 bridgehead atoms. The molecule has 0 saturated heterocycles. The number of carbonyl (C=O) groups is 1. The zero-order chi connectivity index (χ0) is 18.2. The quantitative estimate of drug-likeness (QED) is 0.783. The van der Waals surface area contributed by atoms with Crippen LogP contribution >= 0.6 is 0 Å². The zero-order valence-electron chi connectivity index (χ0n) is 14.9. The maximum Gasteiger partial charge on any atom is 0.224 e. The summed E-state index contributed by atoms with van der Waals surface area (Å²) in [7, 11) is 0. The Bertz CT molecular complexity index is 767. The van der Waals surface area contributed by atoms with Crippen LogP contribution in [0.1, 0.15) is 43.8 Å².